The molecule has 1 unspecified atom stereocenters. The zero-order chi connectivity index (χ0) is 15.5. The lowest BCUT2D eigenvalue weighted by molar-refractivity contribution is 0.548. The van der Waals surface area contributed by atoms with Crippen molar-refractivity contribution in [3.8, 4) is 11.1 Å². The van der Waals surface area contributed by atoms with Crippen molar-refractivity contribution < 1.29 is 8.76 Å². The van der Waals surface area contributed by atoms with Crippen LogP contribution >= 0.6 is 0 Å². The fourth-order valence-corrected chi connectivity index (χ4v) is 2.55. The first-order valence-corrected chi connectivity index (χ1v) is 7.66. The Hall–Kier alpha value is -2.35. The first kappa shape index (κ1) is 14.6. The van der Waals surface area contributed by atoms with Crippen molar-refractivity contribution in [2.45, 2.75) is 6.54 Å². The van der Waals surface area contributed by atoms with Gasteiger partial charge in [0.05, 0.1) is 0 Å². The Morgan fingerprint density at radius 2 is 1.91 bits per heavy atom. The normalized spacial score (nSPS) is 12.4. The number of aromatic amines is 1. The number of nitrogens with one attached hydrogen (secondary N) is 2. The molecule has 112 valence electrons. The van der Waals surface area contributed by atoms with Gasteiger partial charge in [-0.15, -0.1) is 0 Å². The van der Waals surface area contributed by atoms with Gasteiger partial charge < -0.3 is 4.98 Å². The van der Waals surface area contributed by atoms with Crippen molar-refractivity contribution >= 4 is 22.3 Å². The number of hydrogen-bond acceptors (Lipinski definition) is 3. The fraction of sp³-hybridized carbons (Fsp3) is 0.0667. The second-order valence-corrected chi connectivity index (χ2v) is 5.50. The van der Waals surface area contributed by atoms with Gasteiger partial charge in [0.2, 0.25) is 16.8 Å². The number of H-pyrrole nitrogens is 1. The van der Waals surface area contributed by atoms with Crippen LogP contribution in [0, 0.1) is 0 Å². The second-order valence-electron chi connectivity index (χ2n) is 4.71. The molecular formula is C15H13N3O3S. The predicted molar refractivity (Wildman–Crippen MR) is 85.4 cm³/mol. The SMILES string of the molecule is O=c1ccc2c(-c3ccc(CNS(=O)O)cc3)ccnc2[nH]1. The topological polar surface area (TPSA) is 95.1 Å². The number of rotatable bonds is 4. The summed E-state index contributed by atoms with van der Waals surface area (Å²) >= 11 is -2.02. The third kappa shape index (κ3) is 3.11. The molecule has 1 aromatic carbocycles. The van der Waals surface area contributed by atoms with Gasteiger partial charge in [0.1, 0.15) is 5.65 Å². The van der Waals surface area contributed by atoms with Gasteiger partial charge in [0.15, 0.2) is 0 Å². The van der Waals surface area contributed by atoms with Crippen LogP contribution in [0.4, 0.5) is 0 Å². The second kappa shape index (κ2) is 6.18. The molecule has 0 saturated carbocycles. The fourth-order valence-electron chi connectivity index (χ4n) is 2.26. The zero-order valence-corrected chi connectivity index (χ0v) is 12.3. The Kier molecular flexibility index (Phi) is 4.10. The summed E-state index contributed by atoms with van der Waals surface area (Å²) in [6, 6.07) is 12.7. The highest BCUT2D eigenvalue weighted by Gasteiger charge is 2.05. The molecule has 0 amide bonds. The minimum Gasteiger partial charge on any atom is -0.307 e. The standard InChI is InChI=1S/C15H13N3O3S/c19-14-6-5-13-12(7-8-16-15(13)18-14)11-3-1-10(2-4-11)9-17-22(20)21/h1-8,17H,9H2,(H,20,21)(H,16,18,19). The van der Waals surface area contributed by atoms with Crippen LogP contribution in [-0.4, -0.2) is 18.7 Å². The summed E-state index contributed by atoms with van der Waals surface area (Å²) in [5.41, 5.74) is 3.21. The summed E-state index contributed by atoms with van der Waals surface area (Å²) < 4.78 is 21.7. The molecule has 0 aliphatic rings. The maximum atomic E-state index is 11.4. The van der Waals surface area contributed by atoms with Crippen molar-refractivity contribution in [1.29, 1.82) is 0 Å². The molecule has 0 spiro atoms. The quantitative estimate of drug-likeness (QED) is 0.640. The summed E-state index contributed by atoms with van der Waals surface area (Å²) in [5.74, 6) is 0. The maximum absolute atomic E-state index is 11.4. The summed E-state index contributed by atoms with van der Waals surface area (Å²) in [6.45, 7) is 0.313. The number of nitrogens with zero attached hydrogens (tertiary/aromatic N) is 1. The lowest BCUT2D eigenvalue weighted by Crippen LogP contribution is -2.15. The van der Waals surface area contributed by atoms with Gasteiger partial charge in [-0.3, -0.25) is 9.35 Å². The van der Waals surface area contributed by atoms with Crippen LogP contribution in [-0.2, 0) is 17.8 Å². The Labute approximate surface area is 128 Å². The molecule has 7 heteroatoms. The molecular weight excluding hydrogens is 302 g/mol. The van der Waals surface area contributed by atoms with Gasteiger partial charge in [-0.1, -0.05) is 24.3 Å². The molecule has 0 saturated heterocycles. The summed E-state index contributed by atoms with van der Waals surface area (Å²) in [4.78, 5) is 18.2. The lowest BCUT2D eigenvalue weighted by atomic mass is 10.0. The van der Waals surface area contributed by atoms with Crippen LogP contribution in [0.5, 0.6) is 0 Å². The first-order valence-electron chi connectivity index (χ1n) is 6.55. The molecule has 3 N–H and O–H groups in total. The van der Waals surface area contributed by atoms with Crippen LogP contribution in [0.2, 0.25) is 0 Å². The van der Waals surface area contributed by atoms with Gasteiger partial charge >= 0.3 is 0 Å². The number of hydrogen-bond donors (Lipinski definition) is 3. The van der Waals surface area contributed by atoms with Crippen LogP contribution < -0.4 is 10.3 Å². The number of fused-ring (bicyclic) bond motifs is 1. The lowest BCUT2D eigenvalue weighted by Gasteiger charge is -2.07. The highest BCUT2D eigenvalue weighted by atomic mass is 32.2. The van der Waals surface area contributed by atoms with Crippen LogP contribution in [0.25, 0.3) is 22.2 Å². The van der Waals surface area contributed by atoms with Gasteiger partial charge in [0, 0.05) is 24.2 Å². The predicted octanol–water partition coefficient (Wildman–Crippen LogP) is 1.82. The Morgan fingerprint density at radius 3 is 2.64 bits per heavy atom. The van der Waals surface area contributed by atoms with Gasteiger partial charge in [0.25, 0.3) is 0 Å². The van der Waals surface area contributed by atoms with E-state index in [9.17, 15) is 9.00 Å². The molecule has 0 radical (unpaired) electrons. The molecule has 22 heavy (non-hydrogen) atoms. The van der Waals surface area contributed by atoms with E-state index in [0.29, 0.717) is 12.2 Å². The summed E-state index contributed by atoms with van der Waals surface area (Å²) in [7, 11) is 0. The van der Waals surface area contributed by atoms with E-state index in [2.05, 4.69) is 14.7 Å². The molecule has 0 fully saturated rings. The van der Waals surface area contributed by atoms with Crippen LogP contribution in [0.3, 0.4) is 0 Å². The van der Waals surface area contributed by atoms with E-state index in [1.165, 1.54) is 6.07 Å². The monoisotopic (exact) mass is 315 g/mol. The highest BCUT2D eigenvalue weighted by molar-refractivity contribution is 7.77. The summed E-state index contributed by atoms with van der Waals surface area (Å²) in [6.07, 6.45) is 1.65. The van der Waals surface area contributed by atoms with Crippen LogP contribution in [0.1, 0.15) is 5.56 Å². The number of pyridine rings is 2. The molecule has 3 aromatic rings. The highest BCUT2D eigenvalue weighted by Crippen LogP contribution is 2.26. The van der Waals surface area contributed by atoms with Crippen LogP contribution in [0.15, 0.2) is 53.5 Å². The first-order chi connectivity index (χ1) is 10.6. The third-order valence-electron chi connectivity index (χ3n) is 3.30. The number of benzene rings is 1. The summed E-state index contributed by atoms with van der Waals surface area (Å²) in [5, 5.41) is 0.865. The Bertz CT molecular complexity index is 890. The third-order valence-corrected chi connectivity index (χ3v) is 3.69. The van der Waals surface area contributed by atoms with Gasteiger partial charge in [-0.25, -0.2) is 13.9 Å². The molecule has 0 bridgehead atoms. The minimum atomic E-state index is -2.02. The van der Waals surface area contributed by atoms with E-state index in [-0.39, 0.29) is 5.56 Å². The van der Waals surface area contributed by atoms with E-state index < -0.39 is 11.3 Å². The number of aromatic nitrogens is 2. The van der Waals surface area contributed by atoms with Gasteiger partial charge in [-0.05, 0) is 28.8 Å². The van der Waals surface area contributed by atoms with E-state index in [1.54, 1.807) is 12.3 Å². The molecule has 0 aliphatic carbocycles. The maximum Gasteiger partial charge on any atom is 0.249 e. The molecule has 2 heterocycles. The van der Waals surface area contributed by atoms with E-state index in [0.717, 1.165) is 22.1 Å². The molecule has 1 atom stereocenters. The molecule has 2 aromatic heterocycles. The van der Waals surface area contributed by atoms with Crippen molar-refractivity contribution in [2.24, 2.45) is 0 Å². The average molecular weight is 315 g/mol. The molecule has 0 aliphatic heterocycles. The largest absolute Gasteiger partial charge is 0.307 e. The van der Waals surface area contributed by atoms with Crippen molar-refractivity contribution in [1.82, 2.24) is 14.7 Å². The van der Waals surface area contributed by atoms with E-state index in [4.69, 9.17) is 4.55 Å². The Morgan fingerprint density at radius 1 is 1.14 bits per heavy atom. The molecule has 3 rings (SSSR count). The minimum absolute atomic E-state index is 0.185. The van der Waals surface area contributed by atoms with Crippen molar-refractivity contribution in [3.05, 3.63) is 64.6 Å². The molecule has 6 nitrogen and oxygen atoms in total. The smallest absolute Gasteiger partial charge is 0.249 e. The van der Waals surface area contributed by atoms with Crippen molar-refractivity contribution in [3.63, 3.8) is 0 Å². The van der Waals surface area contributed by atoms with Gasteiger partial charge in [-0.2, -0.15) is 0 Å². The zero-order valence-electron chi connectivity index (χ0n) is 11.4. The Balaban J connectivity index is 1.97. The van der Waals surface area contributed by atoms with E-state index in [1.807, 2.05) is 30.3 Å². The average Bonchev–Trinajstić information content (AvgIpc) is 2.52. The van der Waals surface area contributed by atoms with Crippen molar-refractivity contribution in [2.75, 3.05) is 0 Å². The van der Waals surface area contributed by atoms with E-state index >= 15 is 0 Å².